The molecule has 0 aromatic rings. The van der Waals surface area contributed by atoms with Gasteiger partial charge >= 0.3 is 0 Å². The summed E-state index contributed by atoms with van der Waals surface area (Å²) in [6.07, 6.45) is 12.9. The van der Waals surface area contributed by atoms with Gasteiger partial charge in [0.25, 0.3) is 0 Å². The fourth-order valence-electron chi connectivity index (χ4n) is 2.99. The monoisotopic (exact) mass is 394 g/mol. The predicted molar refractivity (Wildman–Crippen MR) is 125 cm³/mol. The van der Waals surface area contributed by atoms with Crippen LogP contribution >= 0.6 is 0 Å². The second-order valence-electron chi connectivity index (χ2n) is 10.0. The number of allylic oxidation sites excluding steroid dienone is 4. The lowest BCUT2D eigenvalue weighted by Crippen LogP contribution is -2.35. The maximum absolute atomic E-state index is 6.13. The summed E-state index contributed by atoms with van der Waals surface area (Å²) in [5, 5.41) is 0. The molecular weight excluding hydrogens is 344 g/mol. The van der Waals surface area contributed by atoms with Gasteiger partial charge < -0.3 is 9.47 Å². The maximum atomic E-state index is 6.13. The van der Waals surface area contributed by atoms with E-state index >= 15 is 0 Å². The first-order valence-corrected chi connectivity index (χ1v) is 11.6. The van der Waals surface area contributed by atoms with Gasteiger partial charge in [0.15, 0.2) is 5.79 Å². The number of hydrogen-bond acceptors (Lipinski definition) is 2. The van der Waals surface area contributed by atoms with Crippen LogP contribution in [-0.4, -0.2) is 19.0 Å². The van der Waals surface area contributed by atoms with Gasteiger partial charge in [-0.05, 0) is 70.6 Å². The van der Waals surface area contributed by atoms with E-state index in [9.17, 15) is 0 Å². The molecule has 2 nitrogen and oxygen atoms in total. The zero-order valence-electron chi connectivity index (χ0n) is 20.6. The third kappa shape index (κ3) is 16.4. The highest BCUT2D eigenvalue weighted by atomic mass is 16.7. The van der Waals surface area contributed by atoms with Crippen molar-refractivity contribution in [2.24, 2.45) is 17.8 Å². The van der Waals surface area contributed by atoms with Gasteiger partial charge in [0.05, 0.1) is 13.2 Å². The summed E-state index contributed by atoms with van der Waals surface area (Å²) in [6, 6.07) is 0. The molecule has 0 heterocycles. The normalized spacial score (nSPS) is 14.0. The average molecular weight is 395 g/mol. The van der Waals surface area contributed by atoms with E-state index in [1.807, 2.05) is 0 Å². The van der Waals surface area contributed by atoms with Gasteiger partial charge in [0.2, 0.25) is 0 Å². The van der Waals surface area contributed by atoms with Crippen molar-refractivity contribution in [3.63, 3.8) is 0 Å². The Kier molecular flexibility index (Phi) is 14.9. The molecule has 0 unspecified atom stereocenters. The molecular formula is C26H50O2. The van der Waals surface area contributed by atoms with Gasteiger partial charge in [-0.25, -0.2) is 0 Å². The summed E-state index contributed by atoms with van der Waals surface area (Å²) in [5.41, 5.74) is 3.02. The minimum Gasteiger partial charge on any atom is -0.350 e. The highest BCUT2D eigenvalue weighted by molar-refractivity contribution is 5.03. The van der Waals surface area contributed by atoms with Crippen molar-refractivity contribution < 1.29 is 9.47 Å². The van der Waals surface area contributed by atoms with Crippen molar-refractivity contribution in [2.45, 2.75) is 113 Å². The molecule has 0 aromatic carbocycles. The van der Waals surface area contributed by atoms with Crippen molar-refractivity contribution in [2.75, 3.05) is 13.2 Å². The molecule has 0 rings (SSSR count). The molecule has 0 N–H and O–H groups in total. The first kappa shape index (κ1) is 27.4. The number of hydrogen-bond donors (Lipinski definition) is 0. The van der Waals surface area contributed by atoms with Crippen LogP contribution in [0.4, 0.5) is 0 Å². The molecule has 0 aliphatic heterocycles. The Morgan fingerprint density at radius 2 is 1.25 bits per heavy atom. The molecule has 28 heavy (non-hydrogen) atoms. The Balaban J connectivity index is 4.36. The fraction of sp³-hybridized carbons (Fsp3) is 0.846. The molecule has 0 aromatic heterocycles. The highest BCUT2D eigenvalue weighted by Gasteiger charge is 2.25. The quantitative estimate of drug-likeness (QED) is 0.193. The van der Waals surface area contributed by atoms with Gasteiger partial charge in [-0.15, -0.1) is 0 Å². The Morgan fingerprint density at radius 3 is 1.75 bits per heavy atom. The van der Waals surface area contributed by atoms with E-state index in [-0.39, 0.29) is 0 Å². The van der Waals surface area contributed by atoms with Gasteiger partial charge in [0, 0.05) is 6.42 Å². The van der Waals surface area contributed by atoms with Crippen molar-refractivity contribution in [1.29, 1.82) is 0 Å². The van der Waals surface area contributed by atoms with Crippen LogP contribution in [0.25, 0.3) is 0 Å². The van der Waals surface area contributed by atoms with Crippen molar-refractivity contribution in [3.05, 3.63) is 23.3 Å². The maximum Gasteiger partial charge on any atom is 0.165 e. The topological polar surface area (TPSA) is 18.5 Å². The second kappa shape index (κ2) is 15.3. The Bertz CT molecular complexity index is 431. The van der Waals surface area contributed by atoms with E-state index in [1.165, 1.54) is 24.8 Å². The van der Waals surface area contributed by atoms with Gasteiger partial charge in [-0.3, -0.25) is 0 Å². The zero-order chi connectivity index (χ0) is 21.6. The SMILES string of the molecule is CC(=CCCC(C)(OCC(C)C)OCC(C)C)CCC=C(C)CCCC(C)C. The van der Waals surface area contributed by atoms with Gasteiger partial charge in [0.1, 0.15) is 0 Å². The molecule has 0 saturated heterocycles. The van der Waals surface area contributed by atoms with E-state index < -0.39 is 5.79 Å². The van der Waals surface area contributed by atoms with Crippen LogP contribution in [0.5, 0.6) is 0 Å². The lowest BCUT2D eigenvalue weighted by Gasteiger charge is -2.31. The third-order valence-corrected chi connectivity index (χ3v) is 4.92. The molecule has 0 spiro atoms. The summed E-state index contributed by atoms with van der Waals surface area (Å²) in [5.74, 6) is 1.39. The molecule has 0 atom stereocenters. The first-order valence-electron chi connectivity index (χ1n) is 11.6. The first-order chi connectivity index (χ1) is 13.0. The highest BCUT2D eigenvalue weighted by Crippen LogP contribution is 2.23. The summed E-state index contributed by atoms with van der Waals surface area (Å²) in [6.45, 7) is 21.5. The third-order valence-electron chi connectivity index (χ3n) is 4.92. The molecule has 166 valence electrons. The molecule has 0 aliphatic rings. The molecule has 0 fully saturated rings. The van der Waals surface area contributed by atoms with Crippen molar-refractivity contribution in [1.82, 2.24) is 0 Å². The van der Waals surface area contributed by atoms with E-state index in [2.05, 4.69) is 74.5 Å². The number of rotatable bonds is 16. The summed E-state index contributed by atoms with van der Waals surface area (Å²) in [4.78, 5) is 0. The lowest BCUT2D eigenvalue weighted by atomic mass is 10.0. The minimum absolute atomic E-state index is 0.474. The van der Waals surface area contributed by atoms with Crippen LogP contribution in [0.2, 0.25) is 0 Å². The fourth-order valence-corrected chi connectivity index (χ4v) is 2.99. The second-order valence-corrected chi connectivity index (χ2v) is 10.0. The minimum atomic E-state index is -0.474. The Morgan fingerprint density at radius 1 is 0.750 bits per heavy atom. The Hall–Kier alpha value is -0.600. The average Bonchev–Trinajstić information content (AvgIpc) is 2.58. The zero-order valence-corrected chi connectivity index (χ0v) is 20.6. The van der Waals surface area contributed by atoms with Crippen LogP contribution in [0, 0.1) is 17.8 Å². The van der Waals surface area contributed by atoms with Gasteiger partial charge in [-0.2, -0.15) is 0 Å². The molecule has 2 heteroatoms. The summed E-state index contributed by atoms with van der Waals surface area (Å²) >= 11 is 0. The lowest BCUT2D eigenvalue weighted by molar-refractivity contribution is -0.237. The molecule has 0 aliphatic carbocycles. The van der Waals surface area contributed by atoms with Crippen LogP contribution in [0.1, 0.15) is 107 Å². The van der Waals surface area contributed by atoms with Crippen LogP contribution in [0.3, 0.4) is 0 Å². The van der Waals surface area contributed by atoms with Gasteiger partial charge in [-0.1, -0.05) is 71.3 Å². The Labute approximate surface area is 177 Å². The van der Waals surface area contributed by atoms with E-state index in [0.717, 1.165) is 44.8 Å². The molecule has 0 radical (unpaired) electrons. The van der Waals surface area contributed by atoms with Crippen molar-refractivity contribution >= 4 is 0 Å². The summed E-state index contributed by atoms with van der Waals surface area (Å²) < 4.78 is 12.3. The summed E-state index contributed by atoms with van der Waals surface area (Å²) in [7, 11) is 0. The predicted octanol–water partition coefficient (Wildman–Crippen LogP) is 8.33. The van der Waals surface area contributed by atoms with Crippen LogP contribution in [0.15, 0.2) is 23.3 Å². The number of ether oxygens (including phenoxy) is 2. The van der Waals surface area contributed by atoms with Crippen LogP contribution < -0.4 is 0 Å². The standard InChI is InChI=1S/C26H50O2/c1-21(2)13-10-14-24(7)15-11-16-25(8)17-12-18-26(9,27-19-22(3)4)28-20-23(5)6/h15,17,21-23H,10-14,16,18-20H2,1-9H3. The molecule has 0 amide bonds. The van der Waals surface area contributed by atoms with Crippen molar-refractivity contribution in [3.8, 4) is 0 Å². The van der Waals surface area contributed by atoms with Crippen LogP contribution in [-0.2, 0) is 9.47 Å². The molecule has 0 saturated carbocycles. The molecule has 0 bridgehead atoms. The van der Waals surface area contributed by atoms with E-state index in [1.54, 1.807) is 5.57 Å². The smallest absolute Gasteiger partial charge is 0.165 e. The van der Waals surface area contributed by atoms with E-state index in [4.69, 9.17) is 9.47 Å². The van der Waals surface area contributed by atoms with E-state index in [0.29, 0.717) is 11.8 Å². The largest absolute Gasteiger partial charge is 0.350 e.